The number of anilines is 1. The summed E-state index contributed by atoms with van der Waals surface area (Å²) < 4.78 is 19.3. The van der Waals surface area contributed by atoms with E-state index in [1.807, 2.05) is 0 Å². The zero-order valence-corrected chi connectivity index (χ0v) is 14.6. The van der Waals surface area contributed by atoms with Crippen molar-refractivity contribution in [3.8, 4) is 5.75 Å². The van der Waals surface area contributed by atoms with Crippen LogP contribution >= 0.6 is 23.1 Å². The standard InChI is InChI=1S/C15H18FN3O2S2/c1-3-4-7-22-15-19-18-14(23-15)17-9-12(20)10-5-6-13(21-2)11(16)8-10/h5-6,8H,3-4,7,9H2,1-2H3,(H,17,18). The lowest BCUT2D eigenvalue weighted by atomic mass is 10.1. The molecule has 1 aromatic carbocycles. The molecule has 5 nitrogen and oxygen atoms in total. The minimum absolute atomic E-state index is 0.0417. The quantitative estimate of drug-likeness (QED) is 0.418. The number of rotatable bonds is 9. The van der Waals surface area contributed by atoms with E-state index in [-0.39, 0.29) is 23.6 Å². The van der Waals surface area contributed by atoms with Crippen LogP contribution in [-0.4, -0.2) is 35.4 Å². The molecule has 23 heavy (non-hydrogen) atoms. The van der Waals surface area contributed by atoms with Crippen LogP contribution in [0.1, 0.15) is 30.1 Å². The Labute approximate surface area is 142 Å². The number of aromatic nitrogens is 2. The third-order valence-electron chi connectivity index (χ3n) is 3.00. The van der Waals surface area contributed by atoms with Gasteiger partial charge in [-0.1, -0.05) is 36.4 Å². The largest absolute Gasteiger partial charge is 0.494 e. The van der Waals surface area contributed by atoms with Crippen molar-refractivity contribution in [1.29, 1.82) is 0 Å². The van der Waals surface area contributed by atoms with Crippen LogP contribution in [0.15, 0.2) is 22.5 Å². The minimum Gasteiger partial charge on any atom is -0.494 e. The molecule has 0 fully saturated rings. The van der Waals surface area contributed by atoms with Crippen molar-refractivity contribution >= 4 is 34.0 Å². The zero-order chi connectivity index (χ0) is 16.7. The van der Waals surface area contributed by atoms with E-state index in [1.54, 1.807) is 11.8 Å². The lowest BCUT2D eigenvalue weighted by molar-refractivity contribution is 0.101. The van der Waals surface area contributed by atoms with Gasteiger partial charge in [-0.25, -0.2) is 4.39 Å². The number of hydrogen-bond donors (Lipinski definition) is 1. The van der Waals surface area contributed by atoms with Gasteiger partial charge >= 0.3 is 0 Å². The van der Waals surface area contributed by atoms with Crippen LogP contribution in [0.3, 0.4) is 0 Å². The van der Waals surface area contributed by atoms with E-state index in [0.29, 0.717) is 5.13 Å². The molecule has 8 heteroatoms. The molecule has 2 rings (SSSR count). The van der Waals surface area contributed by atoms with Gasteiger partial charge in [0, 0.05) is 11.3 Å². The van der Waals surface area contributed by atoms with Crippen LogP contribution in [0, 0.1) is 5.82 Å². The molecule has 0 radical (unpaired) electrons. The molecule has 0 saturated heterocycles. The minimum atomic E-state index is -0.552. The summed E-state index contributed by atoms with van der Waals surface area (Å²) in [7, 11) is 1.38. The first-order valence-electron chi connectivity index (χ1n) is 7.21. The van der Waals surface area contributed by atoms with Crippen molar-refractivity contribution < 1.29 is 13.9 Å². The molecule has 1 heterocycles. The van der Waals surface area contributed by atoms with E-state index in [9.17, 15) is 9.18 Å². The van der Waals surface area contributed by atoms with E-state index in [4.69, 9.17) is 4.74 Å². The SMILES string of the molecule is CCCCSc1nnc(NCC(=O)c2ccc(OC)c(F)c2)s1. The highest BCUT2D eigenvalue weighted by atomic mass is 32.2. The Bertz CT molecular complexity index is 664. The average molecular weight is 355 g/mol. The van der Waals surface area contributed by atoms with E-state index in [1.165, 1.54) is 36.6 Å². The fourth-order valence-corrected chi connectivity index (χ4v) is 3.64. The number of methoxy groups -OCH3 is 1. The van der Waals surface area contributed by atoms with Gasteiger partial charge in [-0.15, -0.1) is 10.2 Å². The second kappa shape index (κ2) is 8.83. The van der Waals surface area contributed by atoms with Gasteiger partial charge in [-0.05, 0) is 24.6 Å². The smallest absolute Gasteiger partial charge is 0.206 e. The Morgan fingerprint density at radius 2 is 2.26 bits per heavy atom. The van der Waals surface area contributed by atoms with Gasteiger partial charge in [0.15, 0.2) is 21.7 Å². The molecule has 0 unspecified atom stereocenters. The van der Waals surface area contributed by atoms with Gasteiger partial charge in [0.25, 0.3) is 0 Å². The van der Waals surface area contributed by atoms with Crippen LogP contribution in [0.5, 0.6) is 5.75 Å². The lowest BCUT2D eigenvalue weighted by Crippen LogP contribution is -2.14. The van der Waals surface area contributed by atoms with Crippen molar-refractivity contribution in [1.82, 2.24) is 10.2 Å². The molecule has 0 saturated carbocycles. The molecule has 0 aliphatic heterocycles. The molecule has 0 bridgehead atoms. The fourth-order valence-electron chi connectivity index (χ4n) is 1.74. The van der Waals surface area contributed by atoms with Crippen molar-refractivity contribution in [3.63, 3.8) is 0 Å². The van der Waals surface area contributed by atoms with Gasteiger partial charge in [0.1, 0.15) is 0 Å². The third-order valence-corrected chi connectivity index (χ3v) is 5.10. The van der Waals surface area contributed by atoms with Crippen molar-refractivity contribution in [3.05, 3.63) is 29.6 Å². The lowest BCUT2D eigenvalue weighted by Gasteiger charge is -2.05. The number of carbonyl (C=O) groups excluding carboxylic acids is 1. The summed E-state index contributed by atoms with van der Waals surface area (Å²) in [4.78, 5) is 12.1. The van der Waals surface area contributed by atoms with Crippen LogP contribution in [-0.2, 0) is 0 Å². The Hall–Kier alpha value is -1.67. The second-order valence-electron chi connectivity index (χ2n) is 4.70. The van der Waals surface area contributed by atoms with Gasteiger partial charge in [-0.2, -0.15) is 0 Å². The first kappa shape index (κ1) is 17.7. The number of thioether (sulfide) groups is 1. The number of nitrogens with one attached hydrogen (secondary N) is 1. The third kappa shape index (κ3) is 5.18. The molecule has 0 amide bonds. The van der Waals surface area contributed by atoms with E-state index in [0.717, 1.165) is 22.9 Å². The molecule has 1 aromatic heterocycles. The maximum absolute atomic E-state index is 13.6. The predicted molar refractivity (Wildman–Crippen MR) is 91.3 cm³/mol. The van der Waals surface area contributed by atoms with Crippen LogP contribution in [0.4, 0.5) is 9.52 Å². The summed E-state index contributed by atoms with van der Waals surface area (Å²) in [5, 5.41) is 11.6. The first-order chi connectivity index (χ1) is 11.1. The molecule has 0 spiro atoms. The Kier molecular flexibility index (Phi) is 6.79. The molecule has 1 N–H and O–H groups in total. The monoisotopic (exact) mass is 355 g/mol. The summed E-state index contributed by atoms with van der Waals surface area (Å²) in [6, 6.07) is 4.16. The highest BCUT2D eigenvalue weighted by Crippen LogP contribution is 2.26. The van der Waals surface area contributed by atoms with Crippen LogP contribution in [0.2, 0.25) is 0 Å². The van der Waals surface area contributed by atoms with Crippen molar-refractivity contribution in [2.24, 2.45) is 0 Å². The Morgan fingerprint density at radius 3 is 2.96 bits per heavy atom. The second-order valence-corrected chi connectivity index (χ2v) is 7.02. The number of unbranched alkanes of at least 4 members (excludes halogenated alkanes) is 1. The van der Waals surface area contributed by atoms with Crippen molar-refractivity contribution in [2.45, 2.75) is 24.1 Å². The number of benzene rings is 1. The summed E-state index contributed by atoms with van der Waals surface area (Å²) in [6.07, 6.45) is 2.28. The number of ketones is 1. The van der Waals surface area contributed by atoms with E-state index in [2.05, 4.69) is 22.4 Å². The highest BCUT2D eigenvalue weighted by molar-refractivity contribution is 8.01. The van der Waals surface area contributed by atoms with Gasteiger partial charge in [-0.3, -0.25) is 4.79 Å². The Morgan fingerprint density at radius 1 is 1.43 bits per heavy atom. The summed E-state index contributed by atoms with van der Waals surface area (Å²) >= 11 is 3.07. The fraction of sp³-hybridized carbons (Fsp3) is 0.400. The number of ether oxygens (including phenoxy) is 1. The number of nitrogens with zero attached hydrogens (tertiary/aromatic N) is 2. The molecule has 124 valence electrons. The number of carbonyl (C=O) groups is 1. The molecular formula is C15H18FN3O2S2. The van der Waals surface area contributed by atoms with E-state index < -0.39 is 5.82 Å². The first-order valence-corrected chi connectivity index (χ1v) is 9.01. The molecule has 2 aromatic rings. The summed E-state index contributed by atoms with van der Waals surface area (Å²) in [5.41, 5.74) is 0.290. The zero-order valence-electron chi connectivity index (χ0n) is 13.0. The number of halogens is 1. The van der Waals surface area contributed by atoms with Gasteiger partial charge in [0.05, 0.1) is 13.7 Å². The van der Waals surface area contributed by atoms with Gasteiger partial charge in [0.2, 0.25) is 5.13 Å². The summed E-state index contributed by atoms with van der Waals surface area (Å²) in [6.45, 7) is 2.18. The van der Waals surface area contributed by atoms with Crippen molar-refractivity contribution in [2.75, 3.05) is 24.7 Å². The van der Waals surface area contributed by atoms with E-state index >= 15 is 0 Å². The predicted octanol–water partition coefficient (Wildman–Crippen LogP) is 3.87. The topological polar surface area (TPSA) is 64.1 Å². The summed E-state index contributed by atoms with van der Waals surface area (Å²) in [5.74, 6) is 0.355. The maximum Gasteiger partial charge on any atom is 0.206 e. The number of hydrogen-bond acceptors (Lipinski definition) is 7. The molecular weight excluding hydrogens is 337 g/mol. The molecule has 0 atom stereocenters. The number of Topliss-reactive ketones (excluding diaryl/α,β-unsaturated/α-hetero) is 1. The molecule has 0 aliphatic rings. The maximum atomic E-state index is 13.6. The normalized spacial score (nSPS) is 10.6. The highest BCUT2D eigenvalue weighted by Gasteiger charge is 2.11. The van der Waals surface area contributed by atoms with Gasteiger partial charge < -0.3 is 10.1 Å². The average Bonchev–Trinajstić information content (AvgIpc) is 3.00. The molecule has 0 aliphatic carbocycles. The van der Waals surface area contributed by atoms with Crippen LogP contribution in [0.25, 0.3) is 0 Å². The van der Waals surface area contributed by atoms with Crippen LogP contribution < -0.4 is 10.1 Å². The Balaban J connectivity index is 1.88.